The summed E-state index contributed by atoms with van der Waals surface area (Å²) in [4.78, 5) is 16.9. The van der Waals surface area contributed by atoms with Gasteiger partial charge in [-0.15, -0.1) is 10.2 Å². The molecule has 5 aromatic rings. The number of carbonyl (C=O) groups is 1. The maximum atomic E-state index is 12.5. The van der Waals surface area contributed by atoms with Crippen molar-refractivity contribution in [2.45, 2.75) is 37.2 Å². The molecule has 0 aliphatic carbocycles. The van der Waals surface area contributed by atoms with Crippen molar-refractivity contribution < 1.29 is 13.2 Å². The lowest BCUT2D eigenvalue weighted by atomic mass is 10.0. The zero-order chi connectivity index (χ0) is 24.9. The van der Waals surface area contributed by atoms with Crippen molar-refractivity contribution in [3.05, 3.63) is 53.1 Å². The number of thiazole rings is 1. The summed E-state index contributed by atoms with van der Waals surface area (Å²) in [7, 11) is -3.80. The summed E-state index contributed by atoms with van der Waals surface area (Å²) in [6.07, 6.45) is 0.250. The van der Waals surface area contributed by atoms with Gasteiger partial charge < -0.3 is 5.32 Å². The average molecular weight is 527 g/mol. The lowest BCUT2D eigenvalue weighted by molar-refractivity contribution is -0.115. The number of anilines is 1. The van der Waals surface area contributed by atoms with E-state index in [0.717, 1.165) is 32.8 Å². The highest BCUT2D eigenvalue weighted by Crippen LogP contribution is 2.30. The first-order valence-corrected chi connectivity index (χ1v) is 14.1. The van der Waals surface area contributed by atoms with E-state index in [9.17, 15) is 13.2 Å². The summed E-state index contributed by atoms with van der Waals surface area (Å²) < 4.78 is 25.8. The number of nitrogens with two attached hydrogens (primary N) is 1. The van der Waals surface area contributed by atoms with E-state index in [0.29, 0.717) is 21.1 Å². The van der Waals surface area contributed by atoms with Crippen LogP contribution in [0.1, 0.15) is 23.1 Å². The third-order valence-electron chi connectivity index (χ3n) is 5.59. The largest absolute Gasteiger partial charge is 0.302 e. The Morgan fingerprint density at radius 2 is 1.91 bits per heavy atom. The van der Waals surface area contributed by atoms with E-state index in [4.69, 9.17) is 5.14 Å². The molecule has 12 heteroatoms. The molecular formula is C23H22N6O3S3. The van der Waals surface area contributed by atoms with Crippen molar-refractivity contribution in [2.75, 3.05) is 11.1 Å². The second-order valence-corrected chi connectivity index (χ2v) is 12.0. The maximum Gasteiger partial charge on any atom is 0.238 e. The number of pyridine rings is 1. The Morgan fingerprint density at radius 1 is 1.11 bits per heavy atom. The van der Waals surface area contributed by atoms with Crippen molar-refractivity contribution >= 4 is 70.9 Å². The summed E-state index contributed by atoms with van der Waals surface area (Å²) in [6.45, 7) is 6.24. The van der Waals surface area contributed by atoms with E-state index >= 15 is 0 Å². The lowest BCUT2D eigenvalue weighted by Crippen LogP contribution is -2.12. The van der Waals surface area contributed by atoms with Gasteiger partial charge in [-0.3, -0.25) is 9.20 Å². The second-order valence-electron chi connectivity index (χ2n) is 8.32. The molecule has 0 atom stereocenters. The second kappa shape index (κ2) is 8.86. The smallest absolute Gasteiger partial charge is 0.238 e. The Bertz CT molecular complexity index is 1740. The molecule has 3 N–H and O–H groups in total. The Labute approximate surface area is 209 Å². The van der Waals surface area contributed by atoms with Gasteiger partial charge in [0.15, 0.2) is 15.9 Å². The number of hydrogen-bond donors (Lipinski definition) is 2. The van der Waals surface area contributed by atoms with Gasteiger partial charge in [0.25, 0.3) is 0 Å². The van der Waals surface area contributed by atoms with Crippen molar-refractivity contribution in [3.63, 3.8) is 0 Å². The highest BCUT2D eigenvalue weighted by Gasteiger charge is 2.16. The summed E-state index contributed by atoms with van der Waals surface area (Å²) in [5.74, 6) is 0.317. The van der Waals surface area contributed by atoms with Crippen LogP contribution in [-0.4, -0.2) is 39.7 Å². The number of amides is 1. The van der Waals surface area contributed by atoms with Crippen LogP contribution in [-0.2, 0) is 14.8 Å². The number of thioether (sulfide) groups is 1. The Balaban J connectivity index is 1.31. The fourth-order valence-corrected chi connectivity index (χ4v) is 6.48. The van der Waals surface area contributed by atoms with E-state index in [1.54, 1.807) is 6.07 Å². The molecule has 0 saturated carbocycles. The van der Waals surface area contributed by atoms with Crippen LogP contribution in [0.2, 0.25) is 0 Å². The lowest BCUT2D eigenvalue weighted by Gasteiger charge is -2.11. The van der Waals surface area contributed by atoms with E-state index in [1.807, 2.05) is 6.07 Å². The number of benzene rings is 2. The third kappa shape index (κ3) is 4.61. The van der Waals surface area contributed by atoms with Crippen LogP contribution in [0.3, 0.4) is 0 Å². The van der Waals surface area contributed by atoms with Crippen LogP contribution >= 0.6 is 23.1 Å². The van der Waals surface area contributed by atoms with Gasteiger partial charge in [0.1, 0.15) is 0 Å². The van der Waals surface area contributed by atoms with Crippen LogP contribution in [0.15, 0.2) is 46.5 Å². The number of carbonyl (C=O) groups excluding carboxylic acids is 1. The van der Waals surface area contributed by atoms with Gasteiger partial charge in [-0.1, -0.05) is 34.7 Å². The molecule has 5 rings (SSSR count). The van der Waals surface area contributed by atoms with Gasteiger partial charge >= 0.3 is 0 Å². The molecule has 0 unspecified atom stereocenters. The molecule has 180 valence electrons. The molecule has 0 bridgehead atoms. The van der Waals surface area contributed by atoms with Crippen LogP contribution in [0.5, 0.6) is 0 Å². The van der Waals surface area contributed by atoms with E-state index in [2.05, 4.69) is 57.8 Å². The van der Waals surface area contributed by atoms with Crippen LogP contribution in [0.4, 0.5) is 5.13 Å². The van der Waals surface area contributed by atoms with Crippen molar-refractivity contribution in [1.29, 1.82) is 0 Å². The highest BCUT2D eigenvalue weighted by molar-refractivity contribution is 7.99. The number of primary sulfonamides is 1. The molecule has 0 spiro atoms. The van der Waals surface area contributed by atoms with Gasteiger partial charge in [-0.2, -0.15) is 0 Å². The summed E-state index contributed by atoms with van der Waals surface area (Å²) >= 11 is 2.67. The number of nitrogens with one attached hydrogen (secondary N) is 1. The predicted molar refractivity (Wildman–Crippen MR) is 140 cm³/mol. The summed E-state index contributed by atoms with van der Waals surface area (Å²) in [5.41, 5.74) is 5.95. The Morgan fingerprint density at radius 3 is 2.69 bits per heavy atom. The van der Waals surface area contributed by atoms with Crippen LogP contribution in [0.25, 0.3) is 26.8 Å². The van der Waals surface area contributed by atoms with E-state index in [1.165, 1.54) is 40.8 Å². The van der Waals surface area contributed by atoms with Gasteiger partial charge in [-0.25, -0.2) is 18.5 Å². The zero-order valence-corrected chi connectivity index (χ0v) is 21.6. The summed E-state index contributed by atoms with van der Waals surface area (Å²) in [5, 5.41) is 19.0. The molecule has 1 amide bonds. The molecule has 3 heterocycles. The van der Waals surface area contributed by atoms with Crippen molar-refractivity contribution in [2.24, 2.45) is 5.14 Å². The first-order valence-electron chi connectivity index (χ1n) is 10.7. The number of aryl methyl sites for hydroxylation is 3. The first kappa shape index (κ1) is 23.7. The minimum absolute atomic E-state index is 0.0107. The SMILES string of the molecule is Cc1cc(C)c2c(c1)c(C)cc1nnc(SCCC(=O)Nc3nc4ccc(S(N)(=O)=O)cc4s3)n12. The van der Waals surface area contributed by atoms with Crippen molar-refractivity contribution in [3.8, 4) is 0 Å². The van der Waals surface area contributed by atoms with Gasteiger partial charge in [0.2, 0.25) is 15.9 Å². The highest BCUT2D eigenvalue weighted by atomic mass is 32.2. The van der Waals surface area contributed by atoms with Crippen LogP contribution in [0, 0.1) is 20.8 Å². The topological polar surface area (TPSA) is 132 Å². The molecule has 9 nitrogen and oxygen atoms in total. The fraction of sp³-hybridized carbons (Fsp3) is 0.217. The standard InChI is InChI=1S/C23H22N6O3S3/c1-12-8-14(3)21-16(9-12)13(2)10-19-27-28-23(29(19)21)33-7-6-20(30)26-22-25-17-5-4-15(35(24,31)32)11-18(17)34-22/h4-5,8-11H,6-7H2,1-3H3,(H2,24,31,32)(H,25,26,30). The van der Waals surface area contributed by atoms with Crippen LogP contribution < -0.4 is 10.5 Å². The summed E-state index contributed by atoms with van der Waals surface area (Å²) in [6, 6.07) is 10.8. The predicted octanol–water partition coefficient (Wildman–Crippen LogP) is 4.19. The monoisotopic (exact) mass is 526 g/mol. The average Bonchev–Trinajstić information content (AvgIpc) is 3.35. The molecule has 2 aromatic carbocycles. The fourth-order valence-electron chi connectivity index (χ4n) is 4.06. The normalized spacial score (nSPS) is 12.1. The molecule has 35 heavy (non-hydrogen) atoms. The molecule has 0 aliphatic heterocycles. The molecule has 3 aromatic heterocycles. The molecule has 0 fully saturated rings. The van der Waals surface area contributed by atoms with Crippen molar-refractivity contribution in [1.82, 2.24) is 19.6 Å². The van der Waals surface area contributed by atoms with Gasteiger partial charge in [-0.05, 0) is 62.2 Å². The van der Waals surface area contributed by atoms with Gasteiger partial charge in [0, 0.05) is 17.6 Å². The molecule has 0 aliphatic rings. The number of fused-ring (bicyclic) bond motifs is 4. The molecule has 0 saturated heterocycles. The number of aromatic nitrogens is 4. The third-order valence-corrected chi connectivity index (χ3v) is 8.37. The van der Waals surface area contributed by atoms with E-state index < -0.39 is 10.0 Å². The minimum atomic E-state index is -3.80. The number of hydrogen-bond acceptors (Lipinski definition) is 8. The quantitative estimate of drug-likeness (QED) is 0.317. The number of nitrogens with zero attached hydrogens (tertiary/aromatic N) is 4. The zero-order valence-electron chi connectivity index (χ0n) is 19.2. The minimum Gasteiger partial charge on any atom is -0.302 e. The molecular weight excluding hydrogens is 504 g/mol. The van der Waals surface area contributed by atoms with Gasteiger partial charge in [0.05, 0.1) is 20.6 Å². The first-order chi connectivity index (χ1) is 16.6. The maximum absolute atomic E-state index is 12.5. The molecule has 0 radical (unpaired) electrons. The van der Waals surface area contributed by atoms with E-state index in [-0.39, 0.29) is 17.2 Å². The Kier molecular flexibility index (Phi) is 5.99. The number of sulfonamides is 1. The Hall–Kier alpha value is -3.06. The number of rotatable bonds is 6.